The molecule has 0 aliphatic rings. The lowest BCUT2D eigenvalue weighted by atomic mass is 10.1. The summed E-state index contributed by atoms with van der Waals surface area (Å²) < 4.78 is 84.1. The fourth-order valence-corrected chi connectivity index (χ4v) is 9.83. The van der Waals surface area contributed by atoms with E-state index in [-0.39, 0.29) is 71.5 Å². The molecule has 0 unspecified atom stereocenters. The largest absolute Gasteiger partial charge is 0.508 e. The number of fused-ring (bicyclic) bond motifs is 1. The zero-order chi connectivity index (χ0) is 53.9. The first kappa shape index (κ1) is 54.6. The van der Waals surface area contributed by atoms with Crippen molar-refractivity contribution < 1.29 is 55.3 Å². The molecule has 5 aromatic carbocycles. The van der Waals surface area contributed by atoms with Crippen molar-refractivity contribution in [1.29, 1.82) is 0 Å². The van der Waals surface area contributed by atoms with Crippen LogP contribution in [0.4, 0.5) is 4.39 Å². The first-order chi connectivity index (χ1) is 36.7. The van der Waals surface area contributed by atoms with Crippen LogP contribution in [0.15, 0.2) is 134 Å². The van der Waals surface area contributed by atoms with Gasteiger partial charge >= 0.3 is 5.97 Å². The Bertz CT molecular complexity index is 3450. The van der Waals surface area contributed by atoms with E-state index in [0.717, 1.165) is 0 Å². The van der Waals surface area contributed by atoms with Crippen LogP contribution < -0.4 is 18.9 Å². The van der Waals surface area contributed by atoms with Crippen LogP contribution in [0.2, 0.25) is 10.0 Å². The monoisotopic (exact) mass is 1090 g/mol. The first-order valence-corrected chi connectivity index (χ1v) is 26.1. The van der Waals surface area contributed by atoms with E-state index in [1.54, 1.807) is 99.3 Å². The Labute approximate surface area is 448 Å². The van der Waals surface area contributed by atoms with Crippen LogP contribution >= 0.6 is 23.2 Å². The number of rotatable bonds is 24. The minimum atomic E-state index is -4.07. The number of esters is 1. The van der Waals surface area contributed by atoms with Gasteiger partial charge in [-0.05, 0) is 110 Å². The van der Waals surface area contributed by atoms with Crippen LogP contribution in [-0.2, 0) is 47.4 Å². The molecule has 1 N–H and O–H groups in total. The number of nitrogens with zero attached hydrogens (tertiary/aromatic N) is 5. The van der Waals surface area contributed by atoms with E-state index < -0.39 is 40.7 Å². The molecular weight excluding hydrogens is 1040 g/mol. The molecule has 0 saturated heterocycles. The molecule has 0 bridgehead atoms. The number of halogens is 3. The minimum absolute atomic E-state index is 0.00921. The number of hydrogen-bond donors (Lipinski definition) is 1. The predicted molar refractivity (Wildman–Crippen MR) is 285 cm³/mol. The molecule has 3 heterocycles. The highest BCUT2D eigenvalue weighted by Crippen LogP contribution is 2.46. The Morgan fingerprint density at radius 3 is 2.34 bits per heavy atom. The summed E-state index contributed by atoms with van der Waals surface area (Å²) in [7, 11) is -2.51. The van der Waals surface area contributed by atoms with Crippen molar-refractivity contribution >= 4 is 50.3 Å². The average molecular weight is 1090 g/mol. The highest BCUT2D eigenvalue weighted by Gasteiger charge is 2.31. The molecule has 0 fully saturated rings. The number of para-hydroxylation sites is 1. The van der Waals surface area contributed by atoms with E-state index in [4.69, 9.17) is 60.8 Å². The maximum Gasteiger partial charge on any atom is 0.347 e. The number of carbonyl (C=O) groups is 1. The highest BCUT2D eigenvalue weighted by molar-refractivity contribution is 7.85. The van der Waals surface area contributed by atoms with Crippen LogP contribution in [0, 0.1) is 19.7 Å². The Morgan fingerprint density at radius 2 is 1.62 bits per heavy atom. The lowest BCUT2D eigenvalue weighted by Crippen LogP contribution is -2.32. The normalized spacial score (nSPS) is 12.2. The summed E-state index contributed by atoms with van der Waals surface area (Å²) >= 11 is 14.5. The van der Waals surface area contributed by atoms with E-state index in [9.17, 15) is 22.7 Å². The van der Waals surface area contributed by atoms with Crippen molar-refractivity contribution in [3.63, 3.8) is 0 Å². The minimum Gasteiger partial charge on any atom is -0.508 e. The van der Waals surface area contributed by atoms with E-state index in [2.05, 4.69) is 21.5 Å². The van der Waals surface area contributed by atoms with Crippen molar-refractivity contribution in [2.24, 2.45) is 0 Å². The van der Waals surface area contributed by atoms with E-state index in [0.29, 0.717) is 73.3 Å². The molecule has 0 spiro atoms. The number of methoxy groups -OCH3 is 1. The van der Waals surface area contributed by atoms with E-state index in [1.165, 1.54) is 36.7 Å². The van der Waals surface area contributed by atoms with Gasteiger partial charge < -0.3 is 38.1 Å². The summed E-state index contributed by atoms with van der Waals surface area (Å²) in [6.07, 6.45) is 1.83. The lowest BCUT2D eigenvalue weighted by Gasteiger charge is -2.25. The number of aromatic hydroxyl groups is 1. The first-order valence-electron chi connectivity index (χ1n) is 23.8. The summed E-state index contributed by atoms with van der Waals surface area (Å²) in [6, 6.07) is 29.7. The molecule has 394 valence electrons. The van der Waals surface area contributed by atoms with Gasteiger partial charge in [0.05, 0.1) is 65.1 Å². The van der Waals surface area contributed by atoms with Crippen LogP contribution in [0.5, 0.6) is 28.9 Å². The van der Waals surface area contributed by atoms with Gasteiger partial charge in [-0.2, -0.15) is 13.4 Å². The number of phenolic OH excluding ortho intramolecular Hbond substituents is 1. The number of benzene rings is 5. The Hall–Kier alpha value is -7.61. The average Bonchev–Trinajstić information content (AvgIpc) is 3.84. The second-order valence-electron chi connectivity index (χ2n) is 17.1. The molecule has 16 nitrogen and oxygen atoms in total. The fourth-order valence-electron chi connectivity index (χ4n) is 8.28. The van der Waals surface area contributed by atoms with Crippen molar-refractivity contribution in [1.82, 2.24) is 24.5 Å². The topological polar surface area (TPSA) is 193 Å². The zero-order valence-electron chi connectivity index (χ0n) is 41.7. The highest BCUT2D eigenvalue weighted by atomic mass is 35.5. The summed E-state index contributed by atoms with van der Waals surface area (Å²) in [6.45, 7) is 8.37. The van der Waals surface area contributed by atoms with Crippen molar-refractivity contribution in [3.05, 3.63) is 178 Å². The predicted octanol–water partition coefficient (Wildman–Crippen LogP) is 11.0. The van der Waals surface area contributed by atoms with Crippen molar-refractivity contribution in [2.45, 2.75) is 51.8 Å². The summed E-state index contributed by atoms with van der Waals surface area (Å²) in [5.74, 6) is -0.395. The van der Waals surface area contributed by atoms with Gasteiger partial charge in [-0.3, -0.25) is 4.18 Å². The van der Waals surface area contributed by atoms with Gasteiger partial charge in [-0.1, -0.05) is 71.7 Å². The number of aromatic nitrogens is 5. The molecule has 3 aromatic heterocycles. The molecule has 20 heteroatoms. The summed E-state index contributed by atoms with van der Waals surface area (Å²) in [5, 5.41) is 10.9. The molecular formula is C56H52Cl2FN5O11S. The zero-order valence-corrected chi connectivity index (χ0v) is 44.1. The molecule has 0 aliphatic carbocycles. The van der Waals surface area contributed by atoms with Crippen molar-refractivity contribution in [3.8, 4) is 57.2 Å². The van der Waals surface area contributed by atoms with E-state index >= 15 is 0 Å². The number of hydrogen-bond acceptors (Lipinski definition) is 15. The van der Waals surface area contributed by atoms with Gasteiger partial charge in [0.1, 0.15) is 60.0 Å². The van der Waals surface area contributed by atoms with E-state index in [1.807, 2.05) is 24.3 Å². The third kappa shape index (κ3) is 12.9. The van der Waals surface area contributed by atoms with Crippen LogP contribution in [0.25, 0.3) is 39.4 Å². The number of carbonyl (C=O) groups excluding carboxylic acids is 1. The lowest BCUT2D eigenvalue weighted by molar-refractivity contribution is -0.151. The number of ether oxygens (including phenoxy) is 6. The van der Waals surface area contributed by atoms with Gasteiger partial charge in [0.15, 0.2) is 11.6 Å². The molecule has 0 saturated carbocycles. The molecule has 8 rings (SSSR count). The Morgan fingerprint density at radius 1 is 0.882 bits per heavy atom. The van der Waals surface area contributed by atoms with Gasteiger partial charge in [0, 0.05) is 18.2 Å². The van der Waals surface area contributed by atoms with Gasteiger partial charge in [-0.25, -0.2) is 24.1 Å². The molecule has 8 aromatic rings. The number of phenols is 1. The second-order valence-corrected chi connectivity index (χ2v) is 19.5. The van der Waals surface area contributed by atoms with Crippen LogP contribution in [0.1, 0.15) is 34.9 Å². The molecule has 0 aliphatic heterocycles. The second kappa shape index (κ2) is 24.8. The van der Waals surface area contributed by atoms with Crippen LogP contribution in [0.3, 0.4) is 0 Å². The standard InChI is InChI=1S/C56H52Cl2FN5O11S/c1-6-25-70-30-42(31-73-76(67,68)32-36-13-9-8-10-14-36)74-53-49(57)34(3)51(35(4)50(53)58)64-45(37-17-19-39(59)20-18-37)28-44-52(64)55(62-33-61-44)75-48(56(66)71-7-2)27-38-26-41(65)21-22-46(38)72-29-40-23-24-60-54(63-40)43-15-11-12-16-47(43)69-5/h6,8-24,26,28,33,42,48,65H,1,7,25,27,29-32H2,2-5H3/t42-,48-/m1/s1. The Kier molecular flexibility index (Phi) is 17.8. The smallest absolute Gasteiger partial charge is 0.347 e. The molecule has 76 heavy (non-hydrogen) atoms. The molecule has 0 amide bonds. The van der Waals surface area contributed by atoms with Gasteiger partial charge in [0.2, 0.25) is 12.0 Å². The SMILES string of the molecule is C=CCOC[C@H](COS(=O)(=O)Cc1ccccc1)Oc1c(Cl)c(C)c(-n2c(-c3ccc(F)cc3)cc3ncnc(O[C@H](Cc4cc(O)ccc4OCc4ccnc(-c5ccccc5OC)n4)C(=O)OCC)c32)c(C)c1Cl. The van der Waals surface area contributed by atoms with Crippen LogP contribution in [-0.4, -0.2) is 89.7 Å². The third-order valence-corrected chi connectivity index (χ3v) is 13.9. The maximum atomic E-state index is 14.5. The summed E-state index contributed by atoms with van der Waals surface area (Å²) in [5.41, 5.74) is 5.08. The molecule has 0 radical (unpaired) electrons. The Balaban J connectivity index is 1.16. The fraction of sp³-hybridized carbons (Fsp3) is 0.232. The third-order valence-electron chi connectivity index (χ3n) is 11.8. The summed E-state index contributed by atoms with van der Waals surface area (Å²) in [4.78, 5) is 32.3. The quantitative estimate of drug-likeness (QED) is 0.0260. The van der Waals surface area contributed by atoms with Crippen molar-refractivity contribution in [2.75, 3.05) is 33.5 Å². The van der Waals surface area contributed by atoms with Gasteiger partial charge in [-0.15, -0.1) is 6.58 Å². The van der Waals surface area contributed by atoms with Gasteiger partial charge in [0.25, 0.3) is 10.1 Å². The maximum absolute atomic E-state index is 14.5. The molecule has 2 atom stereocenters.